The molecule has 0 atom stereocenters. The van der Waals surface area contributed by atoms with Crippen LogP contribution in [0.25, 0.3) is 0 Å². The molecule has 0 saturated heterocycles. The molecular formula is C11H11N5O. The summed E-state index contributed by atoms with van der Waals surface area (Å²) in [5, 5.41) is 9.79. The molecule has 0 fully saturated rings. The topological polar surface area (TPSA) is 63.9 Å². The third-order valence-corrected chi connectivity index (χ3v) is 2.77. The van der Waals surface area contributed by atoms with E-state index >= 15 is 0 Å². The predicted octanol–water partition coefficient (Wildman–Crippen LogP) is 0.376. The van der Waals surface area contributed by atoms with Crippen molar-refractivity contribution in [3.05, 3.63) is 35.8 Å². The van der Waals surface area contributed by atoms with Crippen molar-refractivity contribution in [3.8, 4) is 0 Å². The van der Waals surface area contributed by atoms with E-state index in [1.165, 1.54) is 0 Å². The normalized spacial score (nSPS) is 14.9. The van der Waals surface area contributed by atoms with Crippen molar-refractivity contribution in [2.45, 2.75) is 13.3 Å². The Morgan fingerprint density at radius 1 is 1.35 bits per heavy atom. The lowest BCUT2D eigenvalue weighted by atomic mass is 10.1. The molecule has 0 bridgehead atoms. The number of carbonyl (C=O) groups excluding carboxylic acids is 1. The maximum Gasteiger partial charge on any atom is 0.160 e. The molecule has 0 aromatic carbocycles. The number of pyridine rings is 1. The second-order valence-electron chi connectivity index (χ2n) is 3.97. The van der Waals surface area contributed by atoms with Crippen molar-refractivity contribution in [1.29, 1.82) is 0 Å². The van der Waals surface area contributed by atoms with Crippen LogP contribution in [0.2, 0.25) is 0 Å². The second-order valence-corrected chi connectivity index (χ2v) is 3.97. The molecule has 17 heavy (non-hydrogen) atoms. The average Bonchev–Trinajstić information content (AvgIpc) is 2.72. The Bertz CT molecular complexity index is 562. The quantitative estimate of drug-likeness (QED) is 0.707. The van der Waals surface area contributed by atoms with Gasteiger partial charge in [-0.3, -0.25) is 4.79 Å². The number of Topliss-reactive ketones (excluding diaryl/α,β-unsaturated/α-hetero) is 1. The van der Waals surface area contributed by atoms with Gasteiger partial charge in [0.15, 0.2) is 5.78 Å². The minimum absolute atomic E-state index is 0.147. The number of aryl methyl sites for hydroxylation is 1. The summed E-state index contributed by atoms with van der Waals surface area (Å²) in [6.07, 6.45) is 2.08. The van der Waals surface area contributed by atoms with E-state index in [-0.39, 0.29) is 12.3 Å². The fraction of sp³-hybridized carbons (Fsp3) is 0.273. The fourth-order valence-corrected chi connectivity index (χ4v) is 1.92. The van der Waals surface area contributed by atoms with Crippen LogP contribution < -0.4 is 5.01 Å². The van der Waals surface area contributed by atoms with Crippen molar-refractivity contribution in [3.63, 3.8) is 0 Å². The van der Waals surface area contributed by atoms with Crippen LogP contribution in [-0.4, -0.2) is 32.4 Å². The molecule has 0 aliphatic carbocycles. The summed E-state index contributed by atoms with van der Waals surface area (Å²) in [4.78, 5) is 17.6. The number of hydrogen-bond donors (Lipinski definition) is 0. The van der Waals surface area contributed by atoms with E-state index in [2.05, 4.69) is 15.3 Å². The summed E-state index contributed by atoms with van der Waals surface area (Å²) >= 11 is 0. The lowest BCUT2D eigenvalue weighted by Gasteiger charge is -2.27. The van der Waals surface area contributed by atoms with E-state index in [0.717, 1.165) is 11.4 Å². The Kier molecular flexibility index (Phi) is 2.14. The van der Waals surface area contributed by atoms with Gasteiger partial charge in [0.1, 0.15) is 12.4 Å². The van der Waals surface area contributed by atoms with Gasteiger partial charge in [-0.1, -0.05) is 6.07 Å². The van der Waals surface area contributed by atoms with Gasteiger partial charge in [0.2, 0.25) is 0 Å². The number of aromatic nitrogens is 4. The average molecular weight is 229 g/mol. The maximum absolute atomic E-state index is 11.7. The lowest BCUT2D eigenvalue weighted by molar-refractivity contribution is -0.118. The van der Waals surface area contributed by atoms with Gasteiger partial charge in [0.25, 0.3) is 0 Å². The summed E-state index contributed by atoms with van der Waals surface area (Å²) in [6, 6.07) is 5.56. The molecule has 3 rings (SSSR count). The minimum atomic E-state index is 0.147. The number of hydrogen-bond acceptors (Lipinski definition) is 5. The molecule has 0 saturated carbocycles. The number of anilines is 1. The van der Waals surface area contributed by atoms with Crippen molar-refractivity contribution >= 4 is 11.6 Å². The molecule has 0 N–H and O–H groups in total. The van der Waals surface area contributed by atoms with Gasteiger partial charge in [0, 0.05) is 6.20 Å². The minimum Gasteiger partial charge on any atom is -0.297 e. The largest absolute Gasteiger partial charge is 0.297 e. The molecule has 0 amide bonds. The number of rotatable bonds is 1. The summed E-state index contributed by atoms with van der Waals surface area (Å²) in [5.41, 5.74) is 1.63. The summed E-state index contributed by atoms with van der Waals surface area (Å²) in [7, 11) is 0. The predicted molar refractivity (Wildman–Crippen MR) is 60.5 cm³/mol. The summed E-state index contributed by atoms with van der Waals surface area (Å²) in [6.45, 7) is 2.14. The molecule has 0 unspecified atom stereocenters. The third-order valence-electron chi connectivity index (χ3n) is 2.77. The van der Waals surface area contributed by atoms with E-state index < -0.39 is 0 Å². The fourth-order valence-electron chi connectivity index (χ4n) is 1.92. The molecule has 86 valence electrons. The van der Waals surface area contributed by atoms with Gasteiger partial charge in [-0.15, -0.1) is 5.10 Å². The molecule has 2 aromatic rings. The monoisotopic (exact) mass is 229 g/mol. The first-order valence-electron chi connectivity index (χ1n) is 5.37. The smallest absolute Gasteiger partial charge is 0.160 e. The molecule has 2 aromatic heterocycles. The molecule has 6 heteroatoms. The molecular weight excluding hydrogens is 218 g/mol. The number of fused-ring (bicyclic) bond motifs is 1. The van der Waals surface area contributed by atoms with Gasteiger partial charge in [-0.05, 0) is 24.3 Å². The summed E-state index contributed by atoms with van der Waals surface area (Å²) < 4.78 is 0. The van der Waals surface area contributed by atoms with E-state index in [0.29, 0.717) is 12.2 Å². The van der Waals surface area contributed by atoms with Gasteiger partial charge >= 0.3 is 0 Å². The van der Waals surface area contributed by atoms with Crippen molar-refractivity contribution in [2.75, 3.05) is 11.6 Å². The highest BCUT2D eigenvalue weighted by atomic mass is 16.1. The number of ketones is 1. The Hall–Kier alpha value is -2.24. The second kappa shape index (κ2) is 3.65. The molecule has 0 spiro atoms. The molecule has 1 aliphatic heterocycles. The Morgan fingerprint density at radius 3 is 3.00 bits per heavy atom. The summed E-state index contributed by atoms with van der Waals surface area (Å²) in [5.74, 6) is 0.847. The highest BCUT2D eigenvalue weighted by molar-refractivity contribution is 5.86. The van der Waals surface area contributed by atoms with Crippen LogP contribution in [0.1, 0.15) is 11.4 Å². The first-order chi connectivity index (χ1) is 8.25. The van der Waals surface area contributed by atoms with Gasteiger partial charge < -0.3 is 0 Å². The van der Waals surface area contributed by atoms with Crippen LogP contribution in [0, 0.1) is 6.92 Å². The van der Waals surface area contributed by atoms with E-state index in [4.69, 9.17) is 0 Å². The Morgan fingerprint density at radius 2 is 2.24 bits per heavy atom. The van der Waals surface area contributed by atoms with E-state index in [1.807, 2.05) is 25.1 Å². The number of nitrogens with zero attached hydrogens (tertiary/aromatic N) is 5. The van der Waals surface area contributed by atoms with Gasteiger partial charge in [-0.2, -0.15) is 4.79 Å². The number of carbonyl (C=O) groups is 1. The highest BCUT2D eigenvalue weighted by Crippen LogP contribution is 2.18. The van der Waals surface area contributed by atoms with Crippen molar-refractivity contribution in [1.82, 2.24) is 20.1 Å². The maximum atomic E-state index is 11.7. The van der Waals surface area contributed by atoms with E-state index in [9.17, 15) is 4.79 Å². The van der Waals surface area contributed by atoms with Crippen molar-refractivity contribution in [2.24, 2.45) is 0 Å². The van der Waals surface area contributed by atoms with Gasteiger partial charge in [-0.25, -0.2) is 9.99 Å². The molecule has 0 radical (unpaired) electrons. The zero-order valence-corrected chi connectivity index (χ0v) is 9.37. The SMILES string of the molecule is Cc1nnn2c1CC(=O)CN2c1ccccn1. The highest BCUT2D eigenvalue weighted by Gasteiger charge is 2.27. The molecule has 3 heterocycles. The van der Waals surface area contributed by atoms with Crippen LogP contribution >= 0.6 is 0 Å². The van der Waals surface area contributed by atoms with Crippen LogP contribution in [0.3, 0.4) is 0 Å². The lowest BCUT2D eigenvalue weighted by Crippen LogP contribution is -2.42. The van der Waals surface area contributed by atoms with Crippen LogP contribution in [0.4, 0.5) is 5.82 Å². The first-order valence-corrected chi connectivity index (χ1v) is 5.37. The van der Waals surface area contributed by atoms with Gasteiger partial charge in [0.05, 0.1) is 17.8 Å². The van der Waals surface area contributed by atoms with Crippen LogP contribution in [0.5, 0.6) is 0 Å². The van der Waals surface area contributed by atoms with Crippen molar-refractivity contribution < 1.29 is 4.79 Å². The zero-order chi connectivity index (χ0) is 11.8. The zero-order valence-electron chi connectivity index (χ0n) is 9.37. The molecule has 1 aliphatic rings. The van der Waals surface area contributed by atoms with E-state index in [1.54, 1.807) is 16.0 Å². The molecule has 6 nitrogen and oxygen atoms in total. The Labute approximate surface area is 97.8 Å². The third kappa shape index (κ3) is 1.57. The van der Waals surface area contributed by atoms with Crippen LogP contribution in [-0.2, 0) is 11.2 Å². The standard InChI is InChI=1S/C11H11N5O/c1-8-10-6-9(17)7-15(16(10)14-13-8)11-4-2-3-5-12-11/h2-5H,6-7H2,1H3. The van der Waals surface area contributed by atoms with Crippen LogP contribution in [0.15, 0.2) is 24.4 Å². The first kappa shape index (κ1) is 9.95. The Balaban J connectivity index is 2.10.